The second kappa shape index (κ2) is 4.11. The third kappa shape index (κ3) is 2.12. The fraction of sp³-hybridized carbons (Fsp3) is 0.833. The maximum Gasteiger partial charge on any atom is -0.0180 e. The summed E-state index contributed by atoms with van der Waals surface area (Å²) in [6, 6.07) is 0. The fourth-order valence-corrected chi connectivity index (χ4v) is 2.60. The summed E-state index contributed by atoms with van der Waals surface area (Å²) >= 11 is 0. The van der Waals surface area contributed by atoms with Gasteiger partial charge in [-0.3, -0.25) is 0 Å². The Hall–Kier alpha value is -0.260. The Morgan fingerprint density at radius 2 is 2.08 bits per heavy atom. The second-order valence-corrected chi connectivity index (χ2v) is 4.54. The predicted octanol–water partition coefficient (Wildman–Crippen LogP) is 4.02. The molecule has 1 aliphatic rings. The van der Waals surface area contributed by atoms with Crippen molar-refractivity contribution < 1.29 is 0 Å². The first-order chi connectivity index (χ1) is 5.65. The molecule has 0 amide bonds. The van der Waals surface area contributed by atoms with Crippen LogP contribution < -0.4 is 0 Å². The van der Waals surface area contributed by atoms with Crippen molar-refractivity contribution in [3.63, 3.8) is 0 Å². The summed E-state index contributed by atoms with van der Waals surface area (Å²) in [6.07, 6.45) is 5.55. The number of rotatable bonds is 2. The molecular weight excluding hydrogens is 144 g/mol. The zero-order valence-corrected chi connectivity index (χ0v) is 8.77. The van der Waals surface area contributed by atoms with Crippen molar-refractivity contribution in [2.24, 2.45) is 17.8 Å². The standard InChI is InChI=1S/C12H22/c1-5-11-8-10(4)6-7-12(11)9(2)3/h10-12H,2,5-8H2,1,3-4H3. The van der Waals surface area contributed by atoms with Crippen molar-refractivity contribution in [3.05, 3.63) is 12.2 Å². The third-order valence-corrected chi connectivity index (χ3v) is 3.40. The van der Waals surface area contributed by atoms with Gasteiger partial charge < -0.3 is 0 Å². The molecule has 0 aliphatic heterocycles. The van der Waals surface area contributed by atoms with E-state index in [1.54, 1.807) is 0 Å². The maximum atomic E-state index is 4.10. The topological polar surface area (TPSA) is 0 Å². The Morgan fingerprint density at radius 3 is 2.58 bits per heavy atom. The Labute approximate surface area is 77.1 Å². The monoisotopic (exact) mass is 166 g/mol. The maximum absolute atomic E-state index is 4.10. The fourth-order valence-electron chi connectivity index (χ4n) is 2.60. The summed E-state index contributed by atoms with van der Waals surface area (Å²) in [5.41, 5.74) is 1.41. The van der Waals surface area contributed by atoms with Gasteiger partial charge in [-0.2, -0.15) is 0 Å². The zero-order valence-electron chi connectivity index (χ0n) is 8.77. The normalized spacial score (nSPS) is 36.4. The Kier molecular flexibility index (Phi) is 3.37. The van der Waals surface area contributed by atoms with Crippen LogP contribution in [-0.2, 0) is 0 Å². The van der Waals surface area contributed by atoms with E-state index >= 15 is 0 Å². The van der Waals surface area contributed by atoms with Crippen LogP contribution in [0.4, 0.5) is 0 Å². The average molecular weight is 166 g/mol. The lowest BCUT2D eigenvalue weighted by atomic mass is 9.71. The molecule has 0 saturated heterocycles. The molecule has 3 atom stereocenters. The summed E-state index contributed by atoms with van der Waals surface area (Å²) in [5, 5.41) is 0. The van der Waals surface area contributed by atoms with E-state index in [2.05, 4.69) is 27.4 Å². The summed E-state index contributed by atoms with van der Waals surface area (Å²) in [5.74, 6) is 2.70. The van der Waals surface area contributed by atoms with Crippen LogP contribution in [0.5, 0.6) is 0 Å². The van der Waals surface area contributed by atoms with Crippen molar-refractivity contribution in [2.45, 2.75) is 46.5 Å². The first-order valence-corrected chi connectivity index (χ1v) is 5.30. The van der Waals surface area contributed by atoms with E-state index in [0.29, 0.717) is 0 Å². The molecule has 12 heavy (non-hydrogen) atoms. The Bertz CT molecular complexity index is 157. The molecule has 0 nitrogen and oxygen atoms in total. The van der Waals surface area contributed by atoms with Gasteiger partial charge in [-0.05, 0) is 37.5 Å². The summed E-state index contributed by atoms with van der Waals surface area (Å²) in [7, 11) is 0. The number of allylic oxidation sites excluding steroid dienone is 1. The zero-order chi connectivity index (χ0) is 9.14. The van der Waals surface area contributed by atoms with Crippen molar-refractivity contribution in [2.75, 3.05) is 0 Å². The minimum atomic E-state index is 0.825. The molecule has 1 rings (SSSR count). The summed E-state index contributed by atoms with van der Waals surface area (Å²) in [4.78, 5) is 0. The van der Waals surface area contributed by atoms with Crippen LogP contribution in [0, 0.1) is 17.8 Å². The summed E-state index contributed by atoms with van der Waals surface area (Å²) < 4.78 is 0. The van der Waals surface area contributed by atoms with Crippen LogP contribution >= 0.6 is 0 Å². The highest BCUT2D eigenvalue weighted by molar-refractivity contribution is 5.00. The van der Waals surface area contributed by atoms with E-state index in [4.69, 9.17) is 0 Å². The lowest BCUT2D eigenvalue weighted by Crippen LogP contribution is -2.23. The lowest BCUT2D eigenvalue weighted by Gasteiger charge is -2.34. The van der Waals surface area contributed by atoms with Crippen LogP contribution in [0.2, 0.25) is 0 Å². The molecule has 0 heteroatoms. The minimum absolute atomic E-state index is 0.825. The molecule has 0 radical (unpaired) electrons. The highest BCUT2D eigenvalue weighted by Gasteiger charge is 2.27. The molecule has 0 bridgehead atoms. The molecule has 0 aromatic rings. The molecule has 1 fully saturated rings. The lowest BCUT2D eigenvalue weighted by molar-refractivity contribution is 0.211. The molecule has 0 heterocycles. The van der Waals surface area contributed by atoms with Gasteiger partial charge in [0.15, 0.2) is 0 Å². The van der Waals surface area contributed by atoms with Gasteiger partial charge in [0.25, 0.3) is 0 Å². The highest BCUT2D eigenvalue weighted by atomic mass is 14.3. The van der Waals surface area contributed by atoms with E-state index in [9.17, 15) is 0 Å². The smallest absolute Gasteiger partial charge is 0.0180 e. The summed E-state index contributed by atoms with van der Waals surface area (Å²) in [6.45, 7) is 11.0. The molecule has 3 unspecified atom stereocenters. The highest BCUT2D eigenvalue weighted by Crippen LogP contribution is 2.38. The van der Waals surface area contributed by atoms with Crippen LogP contribution in [0.3, 0.4) is 0 Å². The first-order valence-electron chi connectivity index (χ1n) is 5.30. The number of hydrogen-bond donors (Lipinski definition) is 0. The van der Waals surface area contributed by atoms with Gasteiger partial charge in [-0.1, -0.05) is 38.8 Å². The van der Waals surface area contributed by atoms with Crippen molar-refractivity contribution in [1.82, 2.24) is 0 Å². The van der Waals surface area contributed by atoms with Gasteiger partial charge in [0, 0.05) is 0 Å². The second-order valence-electron chi connectivity index (χ2n) is 4.54. The molecule has 0 aromatic heterocycles. The average Bonchev–Trinajstić information content (AvgIpc) is 2.03. The quantitative estimate of drug-likeness (QED) is 0.543. The van der Waals surface area contributed by atoms with Crippen LogP contribution in [0.25, 0.3) is 0 Å². The largest absolute Gasteiger partial charge is 0.0999 e. The van der Waals surface area contributed by atoms with Gasteiger partial charge in [0.05, 0.1) is 0 Å². The molecule has 1 aliphatic carbocycles. The molecule has 0 aromatic carbocycles. The van der Waals surface area contributed by atoms with E-state index in [1.807, 2.05) is 0 Å². The first kappa shape index (κ1) is 9.83. The molecule has 0 N–H and O–H groups in total. The van der Waals surface area contributed by atoms with Crippen LogP contribution in [0.15, 0.2) is 12.2 Å². The van der Waals surface area contributed by atoms with E-state index in [-0.39, 0.29) is 0 Å². The third-order valence-electron chi connectivity index (χ3n) is 3.40. The van der Waals surface area contributed by atoms with Crippen LogP contribution in [0.1, 0.15) is 46.5 Å². The van der Waals surface area contributed by atoms with Gasteiger partial charge in [-0.25, -0.2) is 0 Å². The molecule has 0 spiro atoms. The minimum Gasteiger partial charge on any atom is -0.0999 e. The van der Waals surface area contributed by atoms with E-state index < -0.39 is 0 Å². The molecule has 1 saturated carbocycles. The van der Waals surface area contributed by atoms with Gasteiger partial charge in [0.1, 0.15) is 0 Å². The van der Waals surface area contributed by atoms with Crippen molar-refractivity contribution >= 4 is 0 Å². The Morgan fingerprint density at radius 1 is 1.42 bits per heavy atom. The van der Waals surface area contributed by atoms with Crippen molar-refractivity contribution in [3.8, 4) is 0 Å². The molecule has 70 valence electrons. The van der Waals surface area contributed by atoms with Crippen molar-refractivity contribution in [1.29, 1.82) is 0 Å². The van der Waals surface area contributed by atoms with Gasteiger partial charge in [0.2, 0.25) is 0 Å². The van der Waals surface area contributed by atoms with Crippen LogP contribution in [-0.4, -0.2) is 0 Å². The predicted molar refractivity (Wildman–Crippen MR) is 55.1 cm³/mol. The number of hydrogen-bond acceptors (Lipinski definition) is 0. The van der Waals surface area contributed by atoms with Gasteiger partial charge >= 0.3 is 0 Å². The SMILES string of the molecule is C=C(C)C1CCC(C)CC1CC. The Balaban J connectivity index is 2.56. The molecular formula is C12H22. The van der Waals surface area contributed by atoms with E-state index in [1.165, 1.54) is 31.3 Å². The van der Waals surface area contributed by atoms with E-state index in [0.717, 1.165) is 17.8 Å². The van der Waals surface area contributed by atoms with Gasteiger partial charge in [-0.15, -0.1) is 0 Å².